The Hall–Kier alpha value is -0.780. The molecule has 1 unspecified atom stereocenters. The molecule has 0 amide bonds. The SMILES string of the molecule is Cc1ccc(CCCCC(C)CC(C)C)cc1. The van der Waals surface area contributed by atoms with Gasteiger partial charge in [-0.1, -0.05) is 63.4 Å². The first-order valence-corrected chi connectivity index (χ1v) is 7.13. The lowest BCUT2D eigenvalue weighted by atomic mass is 9.93. The van der Waals surface area contributed by atoms with E-state index in [2.05, 4.69) is 52.0 Å². The molecule has 1 atom stereocenters. The van der Waals surface area contributed by atoms with Gasteiger partial charge in [0.15, 0.2) is 0 Å². The quantitative estimate of drug-likeness (QED) is 0.553. The largest absolute Gasteiger partial charge is 0.0628 e. The van der Waals surface area contributed by atoms with E-state index >= 15 is 0 Å². The molecule has 1 aromatic carbocycles. The van der Waals surface area contributed by atoms with Crippen LogP contribution in [0.3, 0.4) is 0 Å². The van der Waals surface area contributed by atoms with Crippen LogP contribution in [0.1, 0.15) is 57.6 Å². The number of hydrogen-bond acceptors (Lipinski definition) is 0. The minimum atomic E-state index is 0.849. The zero-order chi connectivity index (χ0) is 12.7. The van der Waals surface area contributed by atoms with Crippen molar-refractivity contribution in [1.82, 2.24) is 0 Å². The summed E-state index contributed by atoms with van der Waals surface area (Å²) in [5.41, 5.74) is 2.85. The first-order chi connectivity index (χ1) is 8.08. The Morgan fingerprint density at radius 3 is 2.18 bits per heavy atom. The highest BCUT2D eigenvalue weighted by Gasteiger charge is 2.04. The van der Waals surface area contributed by atoms with Crippen LogP contribution in [0.5, 0.6) is 0 Å². The molecule has 1 aromatic rings. The summed E-state index contributed by atoms with van der Waals surface area (Å²) in [4.78, 5) is 0. The Bertz CT molecular complexity index is 294. The molecule has 0 nitrogen and oxygen atoms in total. The van der Waals surface area contributed by atoms with Crippen LogP contribution in [-0.4, -0.2) is 0 Å². The fraction of sp³-hybridized carbons (Fsp3) is 0.647. The molecule has 0 saturated carbocycles. The molecule has 96 valence electrons. The highest BCUT2D eigenvalue weighted by atomic mass is 14.1. The summed E-state index contributed by atoms with van der Waals surface area (Å²) in [6, 6.07) is 8.98. The summed E-state index contributed by atoms with van der Waals surface area (Å²) in [5.74, 6) is 1.75. The fourth-order valence-corrected chi connectivity index (χ4v) is 2.50. The van der Waals surface area contributed by atoms with Crippen LogP contribution in [0.25, 0.3) is 0 Å². The summed E-state index contributed by atoms with van der Waals surface area (Å²) in [6.07, 6.45) is 6.73. The lowest BCUT2D eigenvalue weighted by Crippen LogP contribution is -2.00. The van der Waals surface area contributed by atoms with Gasteiger partial charge in [0.2, 0.25) is 0 Å². The Kier molecular flexibility index (Phi) is 6.32. The summed E-state index contributed by atoms with van der Waals surface area (Å²) >= 11 is 0. The Morgan fingerprint density at radius 1 is 0.941 bits per heavy atom. The van der Waals surface area contributed by atoms with Crippen molar-refractivity contribution in [1.29, 1.82) is 0 Å². The summed E-state index contributed by atoms with van der Waals surface area (Å²) in [6.45, 7) is 9.19. The minimum absolute atomic E-state index is 0.849. The van der Waals surface area contributed by atoms with Crippen molar-refractivity contribution in [3.05, 3.63) is 35.4 Å². The van der Waals surface area contributed by atoms with Crippen LogP contribution in [0.15, 0.2) is 24.3 Å². The van der Waals surface area contributed by atoms with Gasteiger partial charge in [0, 0.05) is 0 Å². The summed E-state index contributed by atoms with van der Waals surface area (Å²) in [7, 11) is 0. The maximum absolute atomic E-state index is 2.39. The predicted octanol–water partition coefficient (Wildman–Crippen LogP) is 5.39. The molecule has 0 aliphatic heterocycles. The van der Waals surface area contributed by atoms with E-state index in [4.69, 9.17) is 0 Å². The van der Waals surface area contributed by atoms with E-state index in [-0.39, 0.29) is 0 Å². The van der Waals surface area contributed by atoms with Gasteiger partial charge in [-0.2, -0.15) is 0 Å². The van der Waals surface area contributed by atoms with E-state index in [9.17, 15) is 0 Å². The van der Waals surface area contributed by atoms with E-state index in [1.165, 1.54) is 43.2 Å². The fourth-order valence-electron chi connectivity index (χ4n) is 2.50. The minimum Gasteiger partial charge on any atom is -0.0628 e. The molecule has 0 N–H and O–H groups in total. The van der Waals surface area contributed by atoms with Gasteiger partial charge >= 0.3 is 0 Å². The molecule has 17 heavy (non-hydrogen) atoms. The predicted molar refractivity (Wildman–Crippen MR) is 77.4 cm³/mol. The van der Waals surface area contributed by atoms with Gasteiger partial charge < -0.3 is 0 Å². The molecule has 0 saturated heterocycles. The zero-order valence-corrected chi connectivity index (χ0v) is 12.0. The molecule has 0 heterocycles. The monoisotopic (exact) mass is 232 g/mol. The number of rotatable bonds is 7. The van der Waals surface area contributed by atoms with Gasteiger partial charge in [-0.15, -0.1) is 0 Å². The molecule has 0 aromatic heterocycles. The van der Waals surface area contributed by atoms with Gasteiger partial charge in [0.1, 0.15) is 0 Å². The third-order valence-electron chi connectivity index (χ3n) is 3.41. The van der Waals surface area contributed by atoms with E-state index in [0.717, 1.165) is 11.8 Å². The molecule has 0 spiro atoms. The Labute approximate surface area is 107 Å². The van der Waals surface area contributed by atoms with Crippen LogP contribution in [-0.2, 0) is 6.42 Å². The summed E-state index contributed by atoms with van der Waals surface area (Å²) in [5, 5.41) is 0. The smallest absolute Gasteiger partial charge is 0.0279 e. The first-order valence-electron chi connectivity index (χ1n) is 7.13. The van der Waals surface area contributed by atoms with E-state index in [1.54, 1.807) is 0 Å². The molecule has 0 bridgehead atoms. The van der Waals surface area contributed by atoms with E-state index in [1.807, 2.05) is 0 Å². The van der Waals surface area contributed by atoms with Gasteiger partial charge in [0.25, 0.3) is 0 Å². The average molecular weight is 232 g/mol. The summed E-state index contributed by atoms with van der Waals surface area (Å²) < 4.78 is 0. The normalized spacial score (nSPS) is 13.0. The van der Waals surface area contributed by atoms with Crippen LogP contribution in [0.2, 0.25) is 0 Å². The van der Waals surface area contributed by atoms with Crippen LogP contribution in [0.4, 0.5) is 0 Å². The second-order valence-corrected chi connectivity index (χ2v) is 5.97. The van der Waals surface area contributed by atoms with Gasteiger partial charge in [-0.25, -0.2) is 0 Å². The van der Waals surface area contributed by atoms with Gasteiger partial charge in [0.05, 0.1) is 0 Å². The molecular formula is C17H28. The second kappa shape index (κ2) is 7.53. The molecular weight excluding hydrogens is 204 g/mol. The van der Waals surface area contributed by atoms with Crippen molar-refractivity contribution in [3.8, 4) is 0 Å². The van der Waals surface area contributed by atoms with E-state index < -0.39 is 0 Å². The lowest BCUT2D eigenvalue weighted by molar-refractivity contribution is 0.401. The number of unbranched alkanes of at least 4 members (excludes halogenated alkanes) is 1. The van der Waals surface area contributed by atoms with Crippen molar-refractivity contribution in [2.24, 2.45) is 11.8 Å². The van der Waals surface area contributed by atoms with Gasteiger partial charge in [-0.3, -0.25) is 0 Å². The second-order valence-electron chi connectivity index (χ2n) is 5.97. The first kappa shape index (κ1) is 14.3. The van der Waals surface area contributed by atoms with Crippen molar-refractivity contribution in [2.75, 3.05) is 0 Å². The van der Waals surface area contributed by atoms with Crippen LogP contribution >= 0.6 is 0 Å². The van der Waals surface area contributed by atoms with Crippen molar-refractivity contribution < 1.29 is 0 Å². The molecule has 0 radical (unpaired) electrons. The van der Waals surface area contributed by atoms with Crippen LogP contribution < -0.4 is 0 Å². The van der Waals surface area contributed by atoms with Crippen molar-refractivity contribution >= 4 is 0 Å². The molecule has 0 aliphatic carbocycles. The molecule has 0 aliphatic rings. The van der Waals surface area contributed by atoms with E-state index in [0.29, 0.717) is 0 Å². The van der Waals surface area contributed by atoms with Crippen molar-refractivity contribution in [2.45, 2.75) is 59.8 Å². The topological polar surface area (TPSA) is 0 Å². The highest BCUT2D eigenvalue weighted by Crippen LogP contribution is 2.18. The Balaban J connectivity index is 2.13. The zero-order valence-electron chi connectivity index (χ0n) is 12.0. The maximum Gasteiger partial charge on any atom is -0.0279 e. The molecule has 1 rings (SSSR count). The highest BCUT2D eigenvalue weighted by molar-refractivity contribution is 5.21. The van der Waals surface area contributed by atoms with Crippen LogP contribution in [0, 0.1) is 18.8 Å². The lowest BCUT2D eigenvalue weighted by Gasteiger charge is -2.13. The Morgan fingerprint density at radius 2 is 1.59 bits per heavy atom. The maximum atomic E-state index is 2.39. The average Bonchev–Trinajstić information content (AvgIpc) is 2.26. The standard InChI is InChI=1S/C17H28/c1-14(2)13-16(4)7-5-6-8-17-11-9-15(3)10-12-17/h9-12,14,16H,5-8,13H2,1-4H3. The number of hydrogen-bond donors (Lipinski definition) is 0. The number of benzene rings is 1. The molecule has 0 heteroatoms. The third kappa shape index (κ3) is 6.51. The van der Waals surface area contributed by atoms with Gasteiger partial charge in [-0.05, 0) is 43.6 Å². The molecule has 0 fully saturated rings. The van der Waals surface area contributed by atoms with Crippen molar-refractivity contribution in [3.63, 3.8) is 0 Å². The third-order valence-corrected chi connectivity index (χ3v) is 3.41. The number of aryl methyl sites for hydroxylation is 2.